The summed E-state index contributed by atoms with van der Waals surface area (Å²) < 4.78 is 0. The third-order valence-corrected chi connectivity index (χ3v) is 1.89. The van der Waals surface area contributed by atoms with Gasteiger partial charge in [0.05, 0.1) is 6.54 Å². The van der Waals surface area contributed by atoms with E-state index in [1.165, 1.54) is 0 Å². The summed E-state index contributed by atoms with van der Waals surface area (Å²) in [5.41, 5.74) is 12.4. The Morgan fingerprint density at radius 1 is 1.29 bits per heavy atom. The fraction of sp³-hybridized carbons (Fsp3) is 0.200. The third kappa shape index (κ3) is 6.13. The van der Waals surface area contributed by atoms with Crippen molar-refractivity contribution in [3.63, 3.8) is 0 Å². The van der Waals surface area contributed by atoms with Crippen molar-refractivity contribution in [2.75, 3.05) is 0 Å². The molecule has 7 N–H and O–H groups in total. The van der Waals surface area contributed by atoms with Crippen LogP contribution in [-0.2, 0) is 17.9 Å². The van der Waals surface area contributed by atoms with Crippen molar-refractivity contribution >= 4 is 12.5 Å². The van der Waals surface area contributed by atoms with E-state index in [0.717, 1.165) is 16.1 Å². The van der Waals surface area contributed by atoms with Crippen LogP contribution in [-0.4, -0.2) is 22.6 Å². The monoisotopic (exact) mass is 240 g/mol. The van der Waals surface area contributed by atoms with Gasteiger partial charge in [-0.1, -0.05) is 24.3 Å². The summed E-state index contributed by atoms with van der Waals surface area (Å²) in [6.45, 7) is 0.558. The molecule has 0 aliphatic carbocycles. The van der Waals surface area contributed by atoms with Crippen molar-refractivity contribution in [3.05, 3.63) is 35.4 Å². The predicted octanol–water partition coefficient (Wildman–Crippen LogP) is -0.399. The van der Waals surface area contributed by atoms with Gasteiger partial charge >= 0.3 is 6.03 Å². The second-order valence-electron chi connectivity index (χ2n) is 3.09. The Bertz CT molecular complexity index is 353. The van der Waals surface area contributed by atoms with Gasteiger partial charge in [-0.25, -0.2) is 10.6 Å². The number of nitrogens with two attached hydrogens (primary N) is 3. The number of hydrogen-bond acceptors (Lipinski definition) is 4. The summed E-state index contributed by atoms with van der Waals surface area (Å²) in [6, 6.07) is 6.87. The highest BCUT2D eigenvalue weighted by atomic mass is 16.3. The molecule has 7 heteroatoms. The molecule has 0 saturated heterocycles. The molecule has 0 bridgehead atoms. The van der Waals surface area contributed by atoms with Gasteiger partial charge in [-0.3, -0.25) is 9.80 Å². The molecule has 0 heterocycles. The number of carbonyl (C=O) groups excluding carboxylic acids is 1. The smallest absolute Gasteiger partial charge is 0.329 e. The Morgan fingerprint density at radius 3 is 2.06 bits per heavy atom. The Kier molecular flexibility index (Phi) is 7.07. The highest BCUT2D eigenvalue weighted by Gasteiger charge is 2.04. The van der Waals surface area contributed by atoms with Gasteiger partial charge in [0.15, 0.2) is 0 Å². The average Bonchev–Trinajstić information content (AvgIpc) is 2.31. The van der Waals surface area contributed by atoms with Crippen molar-refractivity contribution in [3.8, 4) is 0 Å². The lowest BCUT2D eigenvalue weighted by Gasteiger charge is -2.13. The molecule has 0 fully saturated rings. The van der Waals surface area contributed by atoms with Gasteiger partial charge in [0.1, 0.15) is 0 Å². The number of primary amides is 1. The summed E-state index contributed by atoms with van der Waals surface area (Å²) in [5, 5.41) is 7.84. The number of urea groups is 1. The lowest BCUT2D eigenvalue weighted by Crippen LogP contribution is -2.40. The Morgan fingerprint density at radius 2 is 1.71 bits per heavy atom. The van der Waals surface area contributed by atoms with Crippen LogP contribution in [0.3, 0.4) is 0 Å². The number of nitrogens with zero attached hydrogens (tertiary/aromatic N) is 1. The minimum atomic E-state index is -0.645. The first-order valence-electron chi connectivity index (χ1n) is 4.72. The minimum Gasteiger partial charge on any atom is -0.483 e. The van der Waals surface area contributed by atoms with Crippen molar-refractivity contribution in [2.45, 2.75) is 13.1 Å². The molecule has 0 spiro atoms. The van der Waals surface area contributed by atoms with Crippen molar-refractivity contribution in [1.29, 1.82) is 0 Å². The van der Waals surface area contributed by atoms with Crippen LogP contribution in [0.2, 0.25) is 0 Å². The molecule has 0 aliphatic rings. The van der Waals surface area contributed by atoms with Crippen LogP contribution < -0.4 is 17.3 Å². The second kappa shape index (κ2) is 8.08. The predicted molar refractivity (Wildman–Crippen MR) is 62.3 cm³/mol. The van der Waals surface area contributed by atoms with Crippen LogP contribution in [0.1, 0.15) is 11.1 Å². The molecule has 17 heavy (non-hydrogen) atoms. The van der Waals surface area contributed by atoms with Gasteiger partial charge in [-0.2, -0.15) is 0 Å². The standard InChI is InChI=1S/C9H14N4O.CH2O2/c10-5-7-1-3-8(4-2-7)6-13(12)9(11)14;2-1-3/h1-4H,5-6,10,12H2,(H2,11,14);1H,(H,2,3). The first-order chi connectivity index (χ1) is 8.04. The highest BCUT2D eigenvalue weighted by molar-refractivity contribution is 5.71. The number of hydrogen-bond donors (Lipinski definition) is 4. The molecular weight excluding hydrogens is 224 g/mol. The molecule has 0 aromatic heterocycles. The Balaban J connectivity index is 0.000000770. The third-order valence-electron chi connectivity index (χ3n) is 1.89. The minimum absolute atomic E-state index is 0.250. The number of benzene rings is 1. The van der Waals surface area contributed by atoms with E-state index in [1.54, 1.807) is 0 Å². The fourth-order valence-electron chi connectivity index (χ4n) is 1.06. The van der Waals surface area contributed by atoms with E-state index >= 15 is 0 Å². The lowest BCUT2D eigenvalue weighted by atomic mass is 10.1. The molecule has 0 aliphatic heterocycles. The van der Waals surface area contributed by atoms with Crippen LogP contribution in [0.4, 0.5) is 4.79 Å². The van der Waals surface area contributed by atoms with Gasteiger partial charge in [-0.15, -0.1) is 0 Å². The van der Waals surface area contributed by atoms with Crippen molar-refractivity contribution < 1.29 is 14.7 Å². The Labute approximate surface area is 98.8 Å². The number of carbonyl (C=O) groups is 2. The summed E-state index contributed by atoms with van der Waals surface area (Å²) in [7, 11) is 0. The van der Waals surface area contributed by atoms with Gasteiger partial charge in [0, 0.05) is 6.54 Å². The number of hydrazine groups is 1. The first-order valence-corrected chi connectivity index (χ1v) is 4.72. The largest absolute Gasteiger partial charge is 0.483 e. The molecule has 1 rings (SSSR count). The zero-order chi connectivity index (χ0) is 13.3. The molecule has 0 radical (unpaired) electrons. The maximum absolute atomic E-state index is 10.6. The van der Waals surface area contributed by atoms with Crippen molar-refractivity contribution in [2.24, 2.45) is 17.3 Å². The molecule has 94 valence electrons. The fourth-order valence-corrected chi connectivity index (χ4v) is 1.06. The number of rotatable bonds is 3. The zero-order valence-corrected chi connectivity index (χ0v) is 9.24. The van der Waals surface area contributed by atoms with Gasteiger partial charge < -0.3 is 16.6 Å². The van der Waals surface area contributed by atoms with E-state index in [1.807, 2.05) is 24.3 Å². The lowest BCUT2D eigenvalue weighted by molar-refractivity contribution is -0.122. The van der Waals surface area contributed by atoms with Gasteiger partial charge in [0.2, 0.25) is 0 Å². The van der Waals surface area contributed by atoms with Gasteiger partial charge in [0.25, 0.3) is 6.47 Å². The molecule has 1 aromatic rings. The van der Waals surface area contributed by atoms with E-state index in [4.69, 9.17) is 27.2 Å². The summed E-state index contributed by atoms with van der Waals surface area (Å²) in [6.07, 6.45) is 0. The highest BCUT2D eigenvalue weighted by Crippen LogP contribution is 2.05. The zero-order valence-electron chi connectivity index (χ0n) is 9.24. The van der Waals surface area contributed by atoms with Crippen LogP contribution >= 0.6 is 0 Å². The quantitative estimate of drug-likeness (QED) is 0.247. The maximum Gasteiger partial charge on any atom is 0.329 e. The van der Waals surface area contributed by atoms with Crippen LogP contribution in [0.25, 0.3) is 0 Å². The van der Waals surface area contributed by atoms with E-state index in [0.29, 0.717) is 13.1 Å². The number of carboxylic acid groups (broad SMARTS) is 1. The average molecular weight is 240 g/mol. The summed E-state index contributed by atoms with van der Waals surface area (Å²) >= 11 is 0. The summed E-state index contributed by atoms with van der Waals surface area (Å²) in [4.78, 5) is 19.0. The van der Waals surface area contributed by atoms with Gasteiger partial charge in [-0.05, 0) is 11.1 Å². The van der Waals surface area contributed by atoms with Crippen LogP contribution in [0.5, 0.6) is 0 Å². The maximum atomic E-state index is 10.6. The van der Waals surface area contributed by atoms with E-state index in [-0.39, 0.29) is 6.47 Å². The van der Waals surface area contributed by atoms with E-state index < -0.39 is 6.03 Å². The van der Waals surface area contributed by atoms with Crippen LogP contribution in [0.15, 0.2) is 24.3 Å². The molecule has 0 atom stereocenters. The van der Waals surface area contributed by atoms with E-state index in [2.05, 4.69) is 0 Å². The topological polar surface area (TPSA) is 136 Å². The SMILES string of the molecule is NCc1ccc(CN(N)C(N)=O)cc1.O=CO. The molecule has 0 unspecified atom stereocenters. The normalized spacial score (nSPS) is 8.82. The molecule has 1 aromatic carbocycles. The number of amides is 2. The molecule has 7 nitrogen and oxygen atoms in total. The second-order valence-corrected chi connectivity index (χ2v) is 3.09. The van der Waals surface area contributed by atoms with E-state index in [9.17, 15) is 4.79 Å². The molecule has 2 amide bonds. The first kappa shape index (κ1) is 14.9. The van der Waals surface area contributed by atoms with Crippen molar-refractivity contribution in [1.82, 2.24) is 5.01 Å². The molecular formula is C10H16N4O3. The Hall–Kier alpha value is -2.12. The van der Waals surface area contributed by atoms with Crippen LogP contribution in [0, 0.1) is 0 Å². The summed E-state index contributed by atoms with van der Waals surface area (Å²) in [5.74, 6) is 5.35. The molecule has 0 saturated carbocycles.